The molecule has 0 aliphatic carbocycles. The van der Waals surface area contributed by atoms with Crippen LogP contribution in [0.1, 0.15) is 18.1 Å². The van der Waals surface area contributed by atoms with E-state index in [1.807, 2.05) is 0 Å². The van der Waals surface area contributed by atoms with Crippen molar-refractivity contribution in [3.63, 3.8) is 0 Å². The molecule has 0 spiro atoms. The molecule has 0 atom stereocenters. The lowest BCUT2D eigenvalue weighted by atomic mass is 10.1. The third-order valence-electron chi connectivity index (χ3n) is 4.10. The minimum atomic E-state index is -4.61. The summed E-state index contributed by atoms with van der Waals surface area (Å²) in [5.41, 5.74) is -1.04. The number of benzene rings is 2. The predicted octanol–water partition coefficient (Wildman–Crippen LogP) is 4.59. The first-order chi connectivity index (χ1) is 14.1. The van der Waals surface area contributed by atoms with Crippen molar-refractivity contribution in [2.75, 3.05) is 11.5 Å². The van der Waals surface area contributed by atoms with Crippen molar-refractivity contribution in [3.05, 3.63) is 64.2 Å². The highest BCUT2D eigenvalue weighted by Crippen LogP contribution is 2.33. The van der Waals surface area contributed by atoms with Gasteiger partial charge in [-0.15, -0.1) is 0 Å². The average molecular weight is 455 g/mol. The third kappa shape index (κ3) is 4.47. The minimum absolute atomic E-state index is 0.123. The van der Waals surface area contributed by atoms with Crippen LogP contribution in [0.15, 0.2) is 48.0 Å². The fourth-order valence-corrected chi connectivity index (χ4v) is 3.25. The molecule has 1 aliphatic rings. The van der Waals surface area contributed by atoms with Crippen LogP contribution in [0.4, 0.5) is 18.9 Å². The first-order valence-electron chi connectivity index (χ1n) is 8.63. The average Bonchev–Trinajstić information content (AvgIpc) is 2.66. The first kappa shape index (κ1) is 21.8. The molecule has 0 aromatic heterocycles. The highest BCUT2D eigenvalue weighted by Gasteiger charge is 2.36. The number of carbonyl (C=O) groups is 2. The maximum atomic E-state index is 13.1. The van der Waals surface area contributed by atoms with Crippen LogP contribution < -0.4 is 15.0 Å². The summed E-state index contributed by atoms with van der Waals surface area (Å²) in [6, 6.07) is 8.76. The van der Waals surface area contributed by atoms with Gasteiger partial charge >= 0.3 is 6.18 Å². The molecule has 2 aromatic rings. The number of amides is 2. The van der Waals surface area contributed by atoms with Crippen molar-refractivity contribution >= 4 is 52.5 Å². The zero-order valence-corrected chi connectivity index (χ0v) is 17.0. The van der Waals surface area contributed by atoms with E-state index >= 15 is 0 Å². The lowest BCUT2D eigenvalue weighted by molar-refractivity contribution is -0.137. The Labute approximate surface area is 180 Å². The number of anilines is 1. The van der Waals surface area contributed by atoms with Gasteiger partial charge in [-0.1, -0.05) is 17.7 Å². The normalized spacial score (nSPS) is 16.1. The van der Waals surface area contributed by atoms with Gasteiger partial charge in [0.25, 0.3) is 11.8 Å². The molecule has 30 heavy (non-hydrogen) atoms. The first-order valence-corrected chi connectivity index (χ1v) is 9.41. The number of nitrogens with zero attached hydrogens (tertiary/aromatic N) is 1. The van der Waals surface area contributed by atoms with Gasteiger partial charge in [-0.05, 0) is 61.6 Å². The topological polar surface area (TPSA) is 58.6 Å². The molecule has 3 rings (SSSR count). The smallest absolute Gasteiger partial charge is 0.416 e. The Morgan fingerprint density at radius 3 is 2.60 bits per heavy atom. The monoisotopic (exact) mass is 454 g/mol. The standard InChI is InChI=1S/C20H14ClF3N2O3S/c1-2-29-16-7-6-13(21)8-11(16)9-15-17(27)25-19(30)26(18(15)28)14-5-3-4-12(10-14)20(22,23)24/h3-10H,2H2,1H3,(H,25,27,30)/b15-9-. The van der Waals surface area contributed by atoms with E-state index in [2.05, 4.69) is 5.32 Å². The lowest BCUT2D eigenvalue weighted by Crippen LogP contribution is -2.54. The van der Waals surface area contributed by atoms with E-state index in [0.717, 1.165) is 23.1 Å². The minimum Gasteiger partial charge on any atom is -0.493 e. The van der Waals surface area contributed by atoms with Gasteiger partial charge < -0.3 is 4.74 Å². The van der Waals surface area contributed by atoms with Crippen molar-refractivity contribution in [3.8, 4) is 5.75 Å². The van der Waals surface area contributed by atoms with Gasteiger partial charge in [-0.2, -0.15) is 13.2 Å². The number of hydrogen-bond donors (Lipinski definition) is 1. The van der Waals surface area contributed by atoms with Crippen LogP contribution in [-0.4, -0.2) is 23.5 Å². The third-order valence-corrected chi connectivity index (χ3v) is 4.62. The van der Waals surface area contributed by atoms with E-state index in [9.17, 15) is 22.8 Å². The molecule has 10 heteroatoms. The molecule has 1 saturated heterocycles. The summed E-state index contributed by atoms with van der Waals surface area (Å²) in [6.07, 6.45) is -3.34. The number of hydrogen-bond acceptors (Lipinski definition) is 4. The molecule has 2 amide bonds. The molecule has 1 heterocycles. The summed E-state index contributed by atoms with van der Waals surface area (Å²) in [6.45, 7) is 2.09. The largest absolute Gasteiger partial charge is 0.493 e. The molecule has 2 aromatic carbocycles. The summed E-state index contributed by atoms with van der Waals surface area (Å²) in [5.74, 6) is -1.27. The number of alkyl halides is 3. The number of nitrogens with one attached hydrogen (secondary N) is 1. The predicted molar refractivity (Wildman–Crippen MR) is 110 cm³/mol. The second kappa shape index (κ2) is 8.45. The van der Waals surface area contributed by atoms with Crippen LogP contribution in [-0.2, 0) is 15.8 Å². The van der Waals surface area contributed by atoms with Crippen molar-refractivity contribution in [1.82, 2.24) is 5.32 Å². The summed E-state index contributed by atoms with van der Waals surface area (Å²) in [4.78, 5) is 26.3. The van der Waals surface area contributed by atoms with E-state index < -0.39 is 23.6 Å². The molecular formula is C20H14ClF3N2O3S. The Balaban J connectivity index is 2.06. The maximum absolute atomic E-state index is 13.1. The van der Waals surface area contributed by atoms with Crippen molar-refractivity contribution in [1.29, 1.82) is 0 Å². The fraction of sp³-hybridized carbons (Fsp3) is 0.150. The maximum Gasteiger partial charge on any atom is 0.416 e. The molecule has 156 valence electrons. The molecule has 5 nitrogen and oxygen atoms in total. The second-order valence-corrected chi connectivity index (χ2v) is 6.94. The highest BCUT2D eigenvalue weighted by molar-refractivity contribution is 7.80. The summed E-state index contributed by atoms with van der Waals surface area (Å²) >= 11 is 11.0. The van der Waals surface area contributed by atoms with Gasteiger partial charge in [0.1, 0.15) is 11.3 Å². The van der Waals surface area contributed by atoms with Crippen LogP contribution in [0, 0.1) is 0 Å². The van der Waals surface area contributed by atoms with Crippen molar-refractivity contribution < 1.29 is 27.5 Å². The fourth-order valence-electron chi connectivity index (χ4n) is 2.79. The number of ether oxygens (including phenoxy) is 1. The lowest BCUT2D eigenvalue weighted by Gasteiger charge is -2.29. The molecule has 0 unspecified atom stereocenters. The summed E-state index contributed by atoms with van der Waals surface area (Å²) < 4.78 is 44.7. The Kier molecular flexibility index (Phi) is 6.14. The van der Waals surface area contributed by atoms with Gasteiger partial charge in [0.05, 0.1) is 17.9 Å². The van der Waals surface area contributed by atoms with Crippen LogP contribution in [0.2, 0.25) is 5.02 Å². The molecule has 1 N–H and O–H groups in total. The summed E-state index contributed by atoms with van der Waals surface area (Å²) in [5, 5.41) is 2.35. The quantitative estimate of drug-likeness (QED) is 0.417. The van der Waals surface area contributed by atoms with Crippen LogP contribution in [0.5, 0.6) is 5.75 Å². The number of carbonyl (C=O) groups excluding carboxylic acids is 2. The van der Waals surface area contributed by atoms with Gasteiger partial charge in [0.15, 0.2) is 5.11 Å². The zero-order valence-electron chi connectivity index (χ0n) is 15.4. The van der Waals surface area contributed by atoms with Gasteiger partial charge in [0, 0.05) is 10.6 Å². The Morgan fingerprint density at radius 2 is 1.93 bits per heavy atom. The van der Waals surface area contributed by atoms with E-state index in [4.69, 9.17) is 28.6 Å². The molecule has 1 fully saturated rings. The van der Waals surface area contributed by atoms with E-state index in [1.165, 1.54) is 18.2 Å². The molecule has 0 radical (unpaired) electrons. The molecule has 1 aliphatic heterocycles. The molecular weight excluding hydrogens is 441 g/mol. The van der Waals surface area contributed by atoms with E-state index in [0.29, 0.717) is 22.9 Å². The second-order valence-electron chi connectivity index (χ2n) is 6.12. The van der Waals surface area contributed by atoms with E-state index in [1.54, 1.807) is 19.1 Å². The SMILES string of the molecule is CCOc1ccc(Cl)cc1/C=C1/C(=O)NC(=S)N(c2cccc(C(F)(F)F)c2)C1=O. The summed E-state index contributed by atoms with van der Waals surface area (Å²) in [7, 11) is 0. The van der Waals surface area contributed by atoms with Crippen molar-refractivity contribution in [2.24, 2.45) is 0 Å². The Morgan fingerprint density at radius 1 is 1.20 bits per heavy atom. The number of thiocarbonyl (C=S) groups is 1. The molecule has 0 saturated carbocycles. The Hall–Kier alpha value is -2.91. The molecule has 0 bridgehead atoms. The van der Waals surface area contributed by atoms with Gasteiger partial charge in [0.2, 0.25) is 0 Å². The van der Waals surface area contributed by atoms with Crippen LogP contribution >= 0.6 is 23.8 Å². The van der Waals surface area contributed by atoms with Crippen LogP contribution in [0.25, 0.3) is 6.08 Å². The zero-order chi connectivity index (χ0) is 22.1. The van der Waals surface area contributed by atoms with Gasteiger partial charge in [-0.25, -0.2) is 0 Å². The number of halogens is 4. The van der Waals surface area contributed by atoms with E-state index in [-0.39, 0.29) is 16.4 Å². The van der Waals surface area contributed by atoms with Gasteiger partial charge in [-0.3, -0.25) is 19.8 Å². The highest BCUT2D eigenvalue weighted by atomic mass is 35.5. The Bertz CT molecular complexity index is 1070. The van der Waals surface area contributed by atoms with Crippen molar-refractivity contribution in [2.45, 2.75) is 13.1 Å². The number of rotatable bonds is 4. The van der Waals surface area contributed by atoms with Crippen LogP contribution in [0.3, 0.4) is 0 Å².